The van der Waals surface area contributed by atoms with E-state index >= 15 is 0 Å². The number of halogens is 2. The van der Waals surface area contributed by atoms with E-state index in [2.05, 4.69) is 4.98 Å². The zero-order valence-electron chi connectivity index (χ0n) is 7.08. The molecule has 1 aromatic heterocycles. The molecule has 3 N–H and O–H groups in total. The highest BCUT2D eigenvalue weighted by molar-refractivity contribution is 5.76. The molecule has 0 saturated heterocycles. The Morgan fingerprint density at radius 3 is 2.36 bits per heavy atom. The first-order valence-corrected chi connectivity index (χ1v) is 3.79. The molecule has 0 aromatic carbocycles. The van der Waals surface area contributed by atoms with Gasteiger partial charge in [-0.2, -0.15) is 0 Å². The lowest BCUT2D eigenvalue weighted by atomic mass is 10.00. The molecule has 0 amide bonds. The third-order valence-corrected chi connectivity index (χ3v) is 1.77. The van der Waals surface area contributed by atoms with Gasteiger partial charge in [0.05, 0.1) is 18.3 Å². The van der Waals surface area contributed by atoms with Crippen LogP contribution in [0.25, 0.3) is 0 Å². The lowest BCUT2D eigenvalue weighted by molar-refractivity contribution is -0.138. The summed E-state index contributed by atoms with van der Waals surface area (Å²) in [6, 6.07) is 0. The van der Waals surface area contributed by atoms with Gasteiger partial charge in [-0.25, -0.2) is 8.78 Å². The number of carboxylic acids is 1. The van der Waals surface area contributed by atoms with Crippen molar-refractivity contribution in [2.45, 2.75) is 5.92 Å². The van der Waals surface area contributed by atoms with Gasteiger partial charge in [-0.15, -0.1) is 0 Å². The van der Waals surface area contributed by atoms with Gasteiger partial charge in [0.1, 0.15) is 11.6 Å². The lowest BCUT2D eigenvalue weighted by Gasteiger charge is -2.11. The van der Waals surface area contributed by atoms with E-state index < -0.39 is 29.1 Å². The quantitative estimate of drug-likeness (QED) is 0.747. The van der Waals surface area contributed by atoms with Gasteiger partial charge in [0, 0.05) is 12.1 Å². The van der Waals surface area contributed by atoms with E-state index in [1.807, 2.05) is 0 Å². The highest BCUT2D eigenvalue weighted by Gasteiger charge is 2.25. The Balaban J connectivity index is 3.22. The zero-order chi connectivity index (χ0) is 10.7. The smallest absolute Gasteiger partial charge is 0.312 e. The molecule has 0 aliphatic rings. The van der Waals surface area contributed by atoms with Crippen molar-refractivity contribution in [3.8, 4) is 0 Å². The molecule has 76 valence electrons. The molecule has 0 fully saturated rings. The summed E-state index contributed by atoms with van der Waals surface area (Å²) in [4.78, 5) is 13.8. The molecule has 1 aromatic rings. The van der Waals surface area contributed by atoms with Crippen LogP contribution in [0.15, 0.2) is 12.4 Å². The second-order valence-corrected chi connectivity index (χ2v) is 2.64. The molecule has 14 heavy (non-hydrogen) atoms. The predicted molar refractivity (Wildman–Crippen MR) is 43.6 cm³/mol. The predicted octanol–water partition coefficient (Wildman–Crippen LogP) is 0.487. The van der Waals surface area contributed by atoms with Gasteiger partial charge in [0.25, 0.3) is 0 Å². The standard InChI is InChI=1S/C8H8F2N2O2/c9-5-2-12-3-6(10)7(5)4(1-11)8(13)14/h2-4H,1,11H2,(H,13,14). The molecule has 1 atom stereocenters. The largest absolute Gasteiger partial charge is 0.481 e. The Morgan fingerprint density at radius 2 is 2.00 bits per heavy atom. The molecule has 0 radical (unpaired) electrons. The normalized spacial score (nSPS) is 12.5. The number of aliphatic carboxylic acids is 1. The summed E-state index contributed by atoms with van der Waals surface area (Å²) < 4.78 is 26.1. The van der Waals surface area contributed by atoms with Crippen molar-refractivity contribution in [2.24, 2.45) is 5.73 Å². The molecule has 6 heteroatoms. The number of nitrogens with two attached hydrogens (primary N) is 1. The Kier molecular flexibility index (Phi) is 3.08. The summed E-state index contributed by atoms with van der Waals surface area (Å²) in [5.41, 5.74) is 4.56. The number of hydrogen-bond donors (Lipinski definition) is 2. The monoisotopic (exact) mass is 202 g/mol. The number of carbonyl (C=O) groups is 1. The number of pyridine rings is 1. The van der Waals surface area contributed by atoms with Crippen LogP contribution < -0.4 is 5.73 Å². The molecule has 0 spiro atoms. The van der Waals surface area contributed by atoms with E-state index in [0.29, 0.717) is 0 Å². The van der Waals surface area contributed by atoms with Crippen LogP contribution in [0.2, 0.25) is 0 Å². The number of hydrogen-bond acceptors (Lipinski definition) is 3. The van der Waals surface area contributed by atoms with Crippen molar-refractivity contribution in [2.75, 3.05) is 6.54 Å². The highest BCUT2D eigenvalue weighted by atomic mass is 19.1. The Labute approximate surface area is 78.4 Å². The summed E-state index contributed by atoms with van der Waals surface area (Å²) >= 11 is 0. The van der Waals surface area contributed by atoms with Crippen molar-refractivity contribution < 1.29 is 18.7 Å². The van der Waals surface area contributed by atoms with Gasteiger partial charge in [0.15, 0.2) is 0 Å². The first kappa shape index (κ1) is 10.5. The molecule has 4 nitrogen and oxygen atoms in total. The van der Waals surface area contributed by atoms with Crippen LogP contribution in [0.4, 0.5) is 8.78 Å². The summed E-state index contributed by atoms with van der Waals surface area (Å²) in [5, 5.41) is 8.64. The molecule has 0 aliphatic heterocycles. The third kappa shape index (κ3) is 1.85. The third-order valence-electron chi connectivity index (χ3n) is 1.77. The summed E-state index contributed by atoms with van der Waals surface area (Å²) in [7, 11) is 0. The first-order chi connectivity index (χ1) is 6.57. The van der Waals surface area contributed by atoms with Crippen LogP contribution >= 0.6 is 0 Å². The molecule has 1 heterocycles. The van der Waals surface area contributed by atoms with Gasteiger partial charge >= 0.3 is 5.97 Å². The molecular formula is C8H8F2N2O2. The van der Waals surface area contributed by atoms with Crippen molar-refractivity contribution in [1.29, 1.82) is 0 Å². The lowest BCUT2D eigenvalue weighted by Crippen LogP contribution is -2.23. The van der Waals surface area contributed by atoms with E-state index in [9.17, 15) is 13.6 Å². The summed E-state index contributed by atoms with van der Waals surface area (Å²) in [6.45, 7) is -0.368. The maximum atomic E-state index is 13.0. The number of carboxylic acid groups (broad SMARTS) is 1. The Bertz CT molecular complexity index is 337. The van der Waals surface area contributed by atoms with Crippen LogP contribution in [-0.4, -0.2) is 22.6 Å². The van der Waals surface area contributed by atoms with Crippen LogP contribution in [-0.2, 0) is 4.79 Å². The maximum Gasteiger partial charge on any atom is 0.312 e. The SMILES string of the molecule is NCC(C(=O)O)c1c(F)cncc1F. The summed E-state index contributed by atoms with van der Waals surface area (Å²) in [6.07, 6.45) is 1.51. The fourth-order valence-corrected chi connectivity index (χ4v) is 1.10. The van der Waals surface area contributed by atoms with E-state index in [1.54, 1.807) is 0 Å². The number of rotatable bonds is 3. The minimum Gasteiger partial charge on any atom is -0.481 e. The maximum absolute atomic E-state index is 13.0. The van der Waals surface area contributed by atoms with E-state index in [-0.39, 0.29) is 6.54 Å². The van der Waals surface area contributed by atoms with Crippen molar-refractivity contribution in [3.05, 3.63) is 29.6 Å². The van der Waals surface area contributed by atoms with E-state index in [0.717, 1.165) is 12.4 Å². The van der Waals surface area contributed by atoms with Gasteiger partial charge in [-0.3, -0.25) is 9.78 Å². The molecular weight excluding hydrogens is 194 g/mol. The van der Waals surface area contributed by atoms with Gasteiger partial charge < -0.3 is 10.8 Å². The molecule has 1 rings (SSSR count). The Hall–Kier alpha value is -1.56. The fraction of sp³-hybridized carbons (Fsp3) is 0.250. The average Bonchev–Trinajstić information content (AvgIpc) is 2.10. The highest BCUT2D eigenvalue weighted by Crippen LogP contribution is 2.20. The van der Waals surface area contributed by atoms with Crippen LogP contribution in [0, 0.1) is 11.6 Å². The Morgan fingerprint density at radius 1 is 1.50 bits per heavy atom. The summed E-state index contributed by atoms with van der Waals surface area (Å²) in [5.74, 6) is -4.74. The molecule has 0 saturated carbocycles. The zero-order valence-corrected chi connectivity index (χ0v) is 7.08. The van der Waals surface area contributed by atoms with Gasteiger partial charge in [0.2, 0.25) is 0 Å². The minimum absolute atomic E-state index is 0.368. The topological polar surface area (TPSA) is 76.2 Å². The fourth-order valence-electron chi connectivity index (χ4n) is 1.10. The number of aromatic nitrogens is 1. The van der Waals surface area contributed by atoms with Gasteiger partial charge in [-0.05, 0) is 0 Å². The molecule has 0 aliphatic carbocycles. The van der Waals surface area contributed by atoms with Crippen molar-refractivity contribution in [3.63, 3.8) is 0 Å². The average molecular weight is 202 g/mol. The number of nitrogens with zero attached hydrogens (tertiary/aromatic N) is 1. The second-order valence-electron chi connectivity index (χ2n) is 2.64. The van der Waals surface area contributed by atoms with E-state index in [4.69, 9.17) is 10.8 Å². The van der Waals surface area contributed by atoms with Crippen LogP contribution in [0.3, 0.4) is 0 Å². The minimum atomic E-state index is -1.38. The van der Waals surface area contributed by atoms with Crippen molar-refractivity contribution >= 4 is 5.97 Å². The molecule has 0 bridgehead atoms. The first-order valence-electron chi connectivity index (χ1n) is 3.79. The van der Waals surface area contributed by atoms with Crippen molar-refractivity contribution in [1.82, 2.24) is 4.98 Å². The second kappa shape index (κ2) is 4.10. The van der Waals surface area contributed by atoms with Crippen LogP contribution in [0.1, 0.15) is 11.5 Å². The van der Waals surface area contributed by atoms with E-state index in [1.165, 1.54) is 0 Å². The molecule has 1 unspecified atom stereocenters. The van der Waals surface area contributed by atoms with Gasteiger partial charge in [-0.1, -0.05) is 0 Å². The van der Waals surface area contributed by atoms with Crippen LogP contribution in [0.5, 0.6) is 0 Å².